The van der Waals surface area contributed by atoms with Crippen molar-refractivity contribution in [2.75, 3.05) is 12.4 Å². The lowest BCUT2D eigenvalue weighted by atomic mass is 10.1. The zero-order valence-electron chi connectivity index (χ0n) is 8.73. The fraction of sp³-hybridized carbons (Fsp3) is 0.0833. The molecule has 2 rings (SSSR count). The smallest absolute Gasteiger partial charge is 0.409 e. The summed E-state index contributed by atoms with van der Waals surface area (Å²) >= 11 is 0. The third-order valence-electron chi connectivity index (χ3n) is 2.31. The van der Waals surface area contributed by atoms with Gasteiger partial charge in [0.1, 0.15) is 5.75 Å². The maximum Gasteiger partial charge on any atom is 0.409 e. The first-order valence-corrected chi connectivity index (χ1v) is 4.77. The van der Waals surface area contributed by atoms with Gasteiger partial charge in [0.15, 0.2) is 0 Å². The van der Waals surface area contributed by atoms with Gasteiger partial charge in [0.25, 0.3) is 0 Å². The molecule has 0 atom stereocenters. The normalized spacial score (nSPS) is 10.1. The van der Waals surface area contributed by atoms with Crippen molar-refractivity contribution in [3.8, 4) is 5.75 Å². The Morgan fingerprint density at radius 2 is 1.88 bits per heavy atom. The van der Waals surface area contributed by atoms with E-state index < -0.39 is 6.09 Å². The van der Waals surface area contributed by atoms with Gasteiger partial charge in [0, 0.05) is 0 Å². The molecule has 0 spiro atoms. The van der Waals surface area contributed by atoms with Crippen LogP contribution in [0, 0.1) is 0 Å². The number of nitrogens with one attached hydrogen (secondary N) is 1. The van der Waals surface area contributed by atoms with Gasteiger partial charge >= 0.3 is 6.09 Å². The molecule has 0 radical (unpaired) electrons. The highest BCUT2D eigenvalue weighted by Crippen LogP contribution is 2.30. The Bertz CT molecular complexity index is 537. The van der Waals surface area contributed by atoms with E-state index >= 15 is 0 Å². The first-order chi connectivity index (χ1) is 7.70. The molecule has 0 fully saturated rings. The van der Waals surface area contributed by atoms with Crippen LogP contribution in [0.2, 0.25) is 0 Å². The number of carboxylic acid groups (broad SMARTS) is 1. The highest BCUT2D eigenvalue weighted by Gasteiger charge is 2.07. The lowest BCUT2D eigenvalue weighted by Crippen LogP contribution is -2.08. The number of ether oxygens (including phenoxy) is 1. The highest BCUT2D eigenvalue weighted by molar-refractivity contribution is 5.93. The van der Waals surface area contributed by atoms with Crippen LogP contribution in [0.4, 0.5) is 10.5 Å². The maximum atomic E-state index is 10.6. The minimum absolute atomic E-state index is 0.453. The number of hydrogen-bond donors (Lipinski definition) is 2. The Morgan fingerprint density at radius 1 is 1.25 bits per heavy atom. The van der Waals surface area contributed by atoms with Crippen molar-refractivity contribution < 1.29 is 14.6 Å². The zero-order chi connectivity index (χ0) is 11.5. The van der Waals surface area contributed by atoms with Crippen LogP contribution >= 0.6 is 0 Å². The first kappa shape index (κ1) is 10.3. The lowest BCUT2D eigenvalue weighted by molar-refractivity contribution is 0.209. The number of benzene rings is 2. The second-order valence-electron chi connectivity index (χ2n) is 3.33. The number of anilines is 1. The Labute approximate surface area is 92.5 Å². The van der Waals surface area contributed by atoms with E-state index in [9.17, 15) is 4.79 Å². The first-order valence-electron chi connectivity index (χ1n) is 4.77. The van der Waals surface area contributed by atoms with Crippen molar-refractivity contribution in [2.24, 2.45) is 0 Å². The summed E-state index contributed by atoms with van der Waals surface area (Å²) in [5.41, 5.74) is 0.453. The standard InChI is InChI=1S/C12H11NO3/c1-16-11-7-9-5-3-2-4-8(9)6-10(11)13-12(14)15/h2-7,13H,1H3,(H,14,15). The molecular formula is C12H11NO3. The topological polar surface area (TPSA) is 58.6 Å². The molecule has 4 nitrogen and oxygen atoms in total. The molecule has 82 valence electrons. The van der Waals surface area contributed by atoms with Crippen molar-refractivity contribution in [3.63, 3.8) is 0 Å². The third-order valence-corrected chi connectivity index (χ3v) is 2.31. The minimum Gasteiger partial charge on any atom is -0.495 e. The fourth-order valence-electron chi connectivity index (χ4n) is 1.60. The monoisotopic (exact) mass is 217 g/mol. The number of amides is 1. The van der Waals surface area contributed by atoms with E-state index in [4.69, 9.17) is 9.84 Å². The number of fused-ring (bicyclic) bond motifs is 1. The van der Waals surface area contributed by atoms with Gasteiger partial charge in [-0.15, -0.1) is 0 Å². The van der Waals surface area contributed by atoms with E-state index in [2.05, 4.69) is 5.32 Å². The van der Waals surface area contributed by atoms with Crippen molar-refractivity contribution in [1.29, 1.82) is 0 Å². The van der Waals surface area contributed by atoms with Crippen molar-refractivity contribution in [2.45, 2.75) is 0 Å². The molecule has 1 amide bonds. The minimum atomic E-state index is -1.10. The van der Waals surface area contributed by atoms with Gasteiger partial charge in [-0.2, -0.15) is 0 Å². The van der Waals surface area contributed by atoms with Crippen molar-refractivity contribution in [1.82, 2.24) is 0 Å². The zero-order valence-corrected chi connectivity index (χ0v) is 8.73. The highest BCUT2D eigenvalue weighted by atomic mass is 16.5. The molecule has 16 heavy (non-hydrogen) atoms. The summed E-state index contributed by atoms with van der Waals surface area (Å²) in [7, 11) is 1.51. The lowest BCUT2D eigenvalue weighted by Gasteiger charge is -2.09. The number of methoxy groups -OCH3 is 1. The third kappa shape index (κ3) is 1.91. The Balaban J connectivity index is 2.58. The molecule has 0 saturated carbocycles. The molecular weight excluding hydrogens is 206 g/mol. The van der Waals surface area contributed by atoms with Crippen LogP contribution in [0.25, 0.3) is 10.8 Å². The van der Waals surface area contributed by atoms with E-state index in [1.54, 1.807) is 12.1 Å². The van der Waals surface area contributed by atoms with Gasteiger partial charge in [0.05, 0.1) is 12.8 Å². The van der Waals surface area contributed by atoms with E-state index in [0.717, 1.165) is 10.8 Å². The molecule has 0 aliphatic carbocycles. The molecule has 0 unspecified atom stereocenters. The van der Waals surface area contributed by atoms with Crippen molar-refractivity contribution in [3.05, 3.63) is 36.4 Å². The number of rotatable bonds is 2. The Hall–Kier alpha value is -2.23. The molecule has 2 N–H and O–H groups in total. The van der Waals surface area contributed by atoms with Gasteiger partial charge in [0.2, 0.25) is 0 Å². The second-order valence-corrected chi connectivity index (χ2v) is 3.33. The molecule has 0 aromatic heterocycles. The van der Waals surface area contributed by atoms with E-state index in [0.29, 0.717) is 11.4 Å². The molecule has 0 heterocycles. The quantitative estimate of drug-likeness (QED) is 0.813. The molecule has 0 aliphatic rings. The van der Waals surface area contributed by atoms with Crippen molar-refractivity contribution >= 4 is 22.6 Å². The molecule has 4 heteroatoms. The predicted octanol–water partition coefficient (Wildman–Crippen LogP) is 2.94. The van der Waals surface area contributed by atoms with Crippen LogP contribution in [0.5, 0.6) is 5.75 Å². The van der Waals surface area contributed by atoms with E-state index in [1.807, 2.05) is 24.3 Å². The summed E-state index contributed by atoms with van der Waals surface area (Å²) in [5, 5.41) is 13.0. The van der Waals surface area contributed by atoms with E-state index in [1.165, 1.54) is 7.11 Å². The average Bonchev–Trinajstić information content (AvgIpc) is 2.27. The van der Waals surface area contributed by atoms with Crippen LogP contribution < -0.4 is 10.1 Å². The molecule has 2 aromatic carbocycles. The van der Waals surface area contributed by atoms with Crippen LogP contribution in [0.1, 0.15) is 0 Å². The molecule has 0 bridgehead atoms. The molecule has 2 aromatic rings. The fourth-order valence-corrected chi connectivity index (χ4v) is 1.60. The van der Waals surface area contributed by atoms with Gasteiger partial charge in [-0.05, 0) is 22.9 Å². The summed E-state index contributed by atoms with van der Waals surface area (Å²) < 4.78 is 5.13. The average molecular weight is 217 g/mol. The SMILES string of the molecule is COc1cc2ccccc2cc1NC(=O)O. The molecule has 0 aliphatic heterocycles. The molecule has 0 saturated heterocycles. The van der Waals surface area contributed by atoms with Crippen LogP contribution in [-0.2, 0) is 0 Å². The van der Waals surface area contributed by atoms with Crippen LogP contribution in [0.15, 0.2) is 36.4 Å². The Morgan fingerprint density at radius 3 is 2.44 bits per heavy atom. The number of hydrogen-bond acceptors (Lipinski definition) is 2. The summed E-state index contributed by atoms with van der Waals surface area (Å²) in [6.07, 6.45) is -1.10. The van der Waals surface area contributed by atoms with Crippen LogP contribution in [-0.4, -0.2) is 18.3 Å². The van der Waals surface area contributed by atoms with Gasteiger partial charge < -0.3 is 9.84 Å². The number of carbonyl (C=O) groups is 1. The summed E-state index contributed by atoms with van der Waals surface area (Å²) in [5.74, 6) is 0.515. The Kier molecular flexibility index (Phi) is 2.64. The van der Waals surface area contributed by atoms with Gasteiger partial charge in [-0.3, -0.25) is 5.32 Å². The maximum absolute atomic E-state index is 10.6. The van der Waals surface area contributed by atoms with Gasteiger partial charge in [-0.25, -0.2) is 4.79 Å². The van der Waals surface area contributed by atoms with E-state index in [-0.39, 0.29) is 0 Å². The van der Waals surface area contributed by atoms with Crippen LogP contribution in [0.3, 0.4) is 0 Å². The second kappa shape index (κ2) is 4.10. The predicted molar refractivity (Wildman–Crippen MR) is 62.1 cm³/mol. The summed E-state index contributed by atoms with van der Waals surface area (Å²) in [6.45, 7) is 0. The van der Waals surface area contributed by atoms with Gasteiger partial charge in [-0.1, -0.05) is 24.3 Å². The summed E-state index contributed by atoms with van der Waals surface area (Å²) in [4.78, 5) is 10.6. The largest absolute Gasteiger partial charge is 0.495 e. The summed E-state index contributed by atoms with van der Waals surface area (Å²) in [6, 6.07) is 11.2.